The molecule has 6 heteroatoms. The van der Waals surface area contributed by atoms with Gasteiger partial charge in [0, 0.05) is 5.69 Å². The van der Waals surface area contributed by atoms with Gasteiger partial charge in [-0.25, -0.2) is 0 Å². The molecule has 0 fully saturated rings. The summed E-state index contributed by atoms with van der Waals surface area (Å²) >= 11 is 1.64. The first kappa shape index (κ1) is 19.2. The second-order valence-corrected chi connectivity index (χ2v) is 8.13. The molecule has 2 heterocycles. The summed E-state index contributed by atoms with van der Waals surface area (Å²) in [5.74, 6) is 0.686. The van der Waals surface area contributed by atoms with Gasteiger partial charge in [-0.1, -0.05) is 13.8 Å². The van der Waals surface area contributed by atoms with Gasteiger partial charge >= 0.3 is 6.18 Å². The Hall–Kier alpha value is -1.53. The number of halogens is 3. The molecule has 2 aromatic rings. The van der Waals surface area contributed by atoms with Crippen molar-refractivity contribution in [3.8, 4) is 0 Å². The Bertz CT molecular complexity index is 727. The minimum atomic E-state index is -4.32. The monoisotopic (exact) mass is 382 g/mol. The van der Waals surface area contributed by atoms with Crippen molar-refractivity contribution in [2.45, 2.75) is 44.8 Å². The van der Waals surface area contributed by atoms with Gasteiger partial charge in [0.05, 0.1) is 11.6 Å². The predicted octanol–water partition coefficient (Wildman–Crippen LogP) is 6.03. The summed E-state index contributed by atoms with van der Waals surface area (Å²) in [5, 5.41) is 7.68. The van der Waals surface area contributed by atoms with Crippen molar-refractivity contribution in [2.75, 3.05) is 11.9 Å². The summed E-state index contributed by atoms with van der Waals surface area (Å²) in [4.78, 5) is 0. The molecule has 1 aromatic carbocycles. The van der Waals surface area contributed by atoms with Gasteiger partial charge in [0.1, 0.15) is 0 Å². The average Bonchev–Trinajstić information content (AvgIpc) is 3.13. The van der Waals surface area contributed by atoms with Crippen molar-refractivity contribution in [1.82, 2.24) is 0 Å². The molecule has 0 saturated heterocycles. The Morgan fingerprint density at radius 3 is 2.65 bits per heavy atom. The Labute approximate surface area is 156 Å². The number of hydrogen-bond donors (Lipinski definition) is 2. The lowest BCUT2D eigenvalue weighted by Gasteiger charge is -2.40. The zero-order chi connectivity index (χ0) is 18.9. The van der Waals surface area contributed by atoms with E-state index < -0.39 is 11.7 Å². The molecule has 2 nitrogen and oxygen atoms in total. The van der Waals surface area contributed by atoms with Gasteiger partial charge in [-0.05, 0) is 83.3 Å². The molecular formula is C20H25F3N2S. The molecule has 142 valence electrons. The second-order valence-electron chi connectivity index (χ2n) is 7.35. The molecule has 3 N–H and O–H groups in total. The van der Waals surface area contributed by atoms with Crippen LogP contribution in [-0.4, -0.2) is 6.54 Å². The van der Waals surface area contributed by atoms with Crippen LogP contribution in [0.3, 0.4) is 0 Å². The van der Waals surface area contributed by atoms with E-state index in [0.717, 1.165) is 24.1 Å². The number of fused-ring (bicyclic) bond motifs is 1. The van der Waals surface area contributed by atoms with Crippen molar-refractivity contribution < 1.29 is 13.2 Å². The number of benzene rings is 1. The van der Waals surface area contributed by atoms with Crippen molar-refractivity contribution in [3.63, 3.8) is 0 Å². The van der Waals surface area contributed by atoms with Crippen molar-refractivity contribution in [3.05, 3.63) is 51.7 Å². The van der Waals surface area contributed by atoms with Crippen molar-refractivity contribution >= 4 is 17.0 Å². The molecular weight excluding hydrogens is 357 g/mol. The normalized spacial score (nSPS) is 24.0. The van der Waals surface area contributed by atoms with Crippen molar-refractivity contribution in [1.29, 1.82) is 0 Å². The molecule has 0 aliphatic carbocycles. The van der Waals surface area contributed by atoms with Gasteiger partial charge in [0.2, 0.25) is 0 Å². The standard InChI is InChI=1S/C20H25F3N2S/c1-12(10-24)3-5-16-13(2)17-9-15(20(21,22)23)4-6-18(17)25-19(16)14-7-8-26-11-14/h4,6-9,11-13,16,19,25H,3,5,10,24H2,1-2H3/t12?,13?,16?,19-/m0/s1. The summed E-state index contributed by atoms with van der Waals surface area (Å²) in [6.07, 6.45) is -2.41. The van der Waals surface area contributed by atoms with Crippen LogP contribution in [0.4, 0.5) is 18.9 Å². The number of thiophene rings is 1. The fourth-order valence-corrected chi connectivity index (χ4v) is 4.53. The number of alkyl halides is 3. The minimum absolute atomic E-state index is 0.0448. The van der Waals surface area contributed by atoms with Gasteiger partial charge in [-0.2, -0.15) is 24.5 Å². The van der Waals surface area contributed by atoms with Gasteiger partial charge < -0.3 is 11.1 Å². The Morgan fingerprint density at radius 2 is 2.04 bits per heavy atom. The first-order valence-corrected chi connectivity index (χ1v) is 9.95. The maximum Gasteiger partial charge on any atom is 0.416 e. The highest BCUT2D eigenvalue weighted by atomic mass is 32.1. The second kappa shape index (κ2) is 7.61. The van der Waals surface area contributed by atoms with Crippen LogP contribution in [0.15, 0.2) is 35.0 Å². The highest BCUT2D eigenvalue weighted by Gasteiger charge is 2.37. The lowest BCUT2D eigenvalue weighted by molar-refractivity contribution is -0.137. The van der Waals surface area contributed by atoms with Gasteiger partial charge in [-0.15, -0.1) is 0 Å². The molecule has 4 atom stereocenters. The third-order valence-electron chi connectivity index (χ3n) is 5.55. The van der Waals surface area contributed by atoms with Crippen LogP contribution in [0.5, 0.6) is 0 Å². The zero-order valence-corrected chi connectivity index (χ0v) is 15.8. The lowest BCUT2D eigenvalue weighted by Crippen LogP contribution is -2.31. The molecule has 0 spiro atoms. The summed E-state index contributed by atoms with van der Waals surface area (Å²) in [6.45, 7) is 4.81. The summed E-state index contributed by atoms with van der Waals surface area (Å²) in [5.41, 5.74) is 7.96. The minimum Gasteiger partial charge on any atom is -0.378 e. The molecule has 0 radical (unpaired) electrons. The molecule has 1 aliphatic heterocycles. The Kier molecular flexibility index (Phi) is 5.63. The van der Waals surface area contributed by atoms with E-state index in [1.54, 1.807) is 17.4 Å². The smallest absolute Gasteiger partial charge is 0.378 e. The number of rotatable bonds is 5. The van der Waals surface area contributed by atoms with E-state index in [1.165, 1.54) is 17.7 Å². The predicted molar refractivity (Wildman–Crippen MR) is 101 cm³/mol. The Morgan fingerprint density at radius 1 is 1.27 bits per heavy atom. The molecule has 1 aliphatic rings. The molecule has 3 unspecified atom stereocenters. The third-order valence-corrected chi connectivity index (χ3v) is 6.25. The van der Waals surface area contributed by atoms with Gasteiger partial charge in [-0.3, -0.25) is 0 Å². The first-order valence-electron chi connectivity index (χ1n) is 9.01. The van der Waals surface area contributed by atoms with E-state index in [9.17, 15) is 13.2 Å². The van der Waals surface area contributed by atoms with Crippen LogP contribution < -0.4 is 11.1 Å². The number of hydrogen-bond acceptors (Lipinski definition) is 3. The maximum absolute atomic E-state index is 13.1. The Balaban J connectivity index is 1.95. The molecule has 1 aromatic heterocycles. The fraction of sp³-hybridized carbons (Fsp3) is 0.500. The van der Waals surface area contributed by atoms with Crippen LogP contribution >= 0.6 is 11.3 Å². The average molecular weight is 382 g/mol. The number of nitrogens with two attached hydrogens (primary N) is 1. The SMILES string of the molecule is CC(CN)CCC1C(C)c2cc(C(F)(F)F)ccc2N[C@H]1c1ccsc1. The van der Waals surface area contributed by atoms with E-state index >= 15 is 0 Å². The van der Waals surface area contributed by atoms with E-state index in [-0.39, 0.29) is 17.9 Å². The van der Waals surface area contributed by atoms with Crippen molar-refractivity contribution in [2.24, 2.45) is 17.6 Å². The number of nitrogens with one attached hydrogen (secondary N) is 1. The lowest BCUT2D eigenvalue weighted by atomic mass is 9.73. The fourth-order valence-electron chi connectivity index (χ4n) is 3.84. The van der Waals surface area contributed by atoms with E-state index in [4.69, 9.17) is 5.73 Å². The summed E-state index contributed by atoms with van der Waals surface area (Å²) in [6, 6.07) is 6.28. The molecule has 26 heavy (non-hydrogen) atoms. The molecule has 3 rings (SSSR count). The van der Waals surface area contributed by atoms with Crippen LogP contribution in [0.25, 0.3) is 0 Å². The zero-order valence-electron chi connectivity index (χ0n) is 15.0. The van der Waals surface area contributed by atoms with Gasteiger partial charge in [0.15, 0.2) is 0 Å². The van der Waals surface area contributed by atoms with Crippen LogP contribution in [0.1, 0.15) is 55.3 Å². The van der Waals surface area contributed by atoms with E-state index in [1.807, 2.05) is 5.38 Å². The molecule has 0 saturated carbocycles. The van der Waals surface area contributed by atoms with E-state index in [0.29, 0.717) is 12.5 Å². The maximum atomic E-state index is 13.1. The largest absolute Gasteiger partial charge is 0.416 e. The topological polar surface area (TPSA) is 38.0 Å². The number of anilines is 1. The van der Waals surface area contributed by atoms with Crippen LogP contribution in [0.2, 0.25) is 0 Å². The van der Waals surface area contributed by atoms with E-state index in [2.05, 4.69) is 30.6 Å². The van der Waals surface area contributed by atoms with Crippen LogP contribution in [-0.2, 0) is 6.18 Å². The summed E-state index contributed by atoms with van der Waals surface area (Å²) in [7, 11) is 0. The van der Waals surface area contributed by atoms with Gasteiger partial charge in [0.25, 0.3) is 0 Å². The summed E-state index contributed by atoms with van der Waals surface area (Å²) < 4.78 is 39.4. The molecule has 0 amide bonds. The van der Waals surface area contributed by atoms with Crippen LogP contribution in [0, 0.1) is 11.8 Å². The highest BCUT2D eigenvalue weighted by Crippen LogP contribution is 2.48. The highest BCUT2D eigenvalue weighted by molar-refractivity contribution is 7.08. The third kappa shape index (κ3) is 3.91. The molecule has 0 bridgehead atoms. The quantitative estimate of drug-likeness (QED) is 0.663. The first-order chi connectivity index (χ1) is 12.3.